The van der Waals surface area contributed by atoms with Crippen molar-refractivity contribution in [2.45, 2.75) is 27.3 Å². The lowest BCUT2D eigenvalue weighted by Crippen LogP contribution is -2.52. The first-order valence-corrected chi connectivity index (χ1v) is 10.7. The van der Waals surface area contributed by atoms with Gasteiger partial charge in [-0.1, -0.05) is 26.0 Å². The summed E-state index contributed by atoms with van der Waals surface area (Å²) >= 11 is 0. The third-order valence-electron chi connectivity index (χ3n) is 5.43. The van der Waals surface area contributed by atoms with Crippen molar-refractivity contribution in [2.24, 2.45) is 5.92 Å². The molecule has 0 saturated carbocycles. The van der Waals surface area contributed by atoms with Crippen LogP contribution in [0.5, 0.6) is 0 Å². The number of carbonyl (C=O) groups is 1. The van der Waals surface area contributed by atoms with Gasteiger partial charge in [0.25, 0.3) is 0 Å². The van der Waals surface area contributed by atoms with E-state index >= 15 is 0 Å². The molecule has 1 aliphatic heterocycles. The number of aryl methyl sites for hydroxylation is 1. The van der Waals surface area contributed by atoms with Crippen molar-refractivity contribution < 1.29 is 4.79 Å². The van der Waals surface area contributed by atoms with E-state index in [9.17, 15) is 4.79 Å². The highest BCUT2D eigenvalue weighted by atomic mass is 16.2. The minimum absolute atomic E-state index is 0.0412. The topological polar surface area (TPSA) is 66.3 Å². The van der Waals surface area contributed by atoms with Gasteiger partial charge in [-0.05, 0) is 42.7 Å². The highest BCUT2D eigenvalue weighted by molar-refractivity contribution is 5.74. The van der Waals surface area contributed by atoms with Gasteiger partial charge in [-0.2, -0.15) is 0 Å². The van der Waals surface area contributed by atoms with Gasteiger partial charge in [-0.15, -0.1) is 0 Å². The molecule has 7 heteroatoms. The van der Waals surface area contributed by atoms with Crippen LogP contribution in [0.15, 0.2) is 42.6 Å². The third-order valence-corrected chi connectivity index (χ3v) is 5.43. The molecule has 3 heterocycles. The molecule has 0 bridgehead atoms. The van der Waals surface area contributed by atoms with E-state index in [4.69, 9.17) is 4.98 Å². The summed E-state index contributed by atoms with van der Waals surface area (Å²) in [6.45, 7) is 10.9. The number of hydrogen-bond acceptors (Lipinski definition) is 4. The normalized spacial score (nSPS) is 15.1. The van der Waals surface area contributed by atoms with Crippen LogP contribution in [0, 0.1) is 12.8 Å². The molecule has 1 aromatic carbocycles. The van der Waals surface area contributed by atoms with Crippen LogP contribution in [0.4, 0.5) is 4.79 Å². The van der Waals surface area contributed by atoms with E-state index in [1.54, 1.807) is 0 Å². The summed E-state index contributed by atoms with van der Waals surface area (Å²) in [7, 11) is 0. The lowest BCUT2D eigenvalue weighted by molar-refractivity contribution is 0.133. The maximum atomic E-state index is 12.3. The fraction of sp³-hybridized carbons (Fsp3) is 0.435. The highest BCUT2D eigenvalue weighted by Crippen LogP contribution is 2.22. The molecule has 30 heavy (non-hydrogen) atoms. The van der Waals surface area contributed by atoms with Crippen molar-refractivity contribution in [3.05, 3.63) is 54.0 Å². The molecule has 2 aromatic heterocycles. The molecule has 0 aliphatic carbocycles. The monoisotopic (exact) mass is 406 g/mol. The van der Waals surface area contributed by atoms with E-state index in [-0.39, 0.29) is 6.03 Å². The Morgan fingerprint density at radius 1 is 1.13 bits per heavy atom. The van der Waals surface area contributed by atoms with Gasteiger partial charge < -0.3 is 10.2 Å². The summed E-state index contributed by atoms with van der Waals surface area (Å²) in [4.78, 5) is 26.1. The largest absolute Gasteiger partial charge is 0.338 e. The lowest BCUT2D eigenvalue weighted by atomic mass is 10.2. The first-order valence-electron chi connectivity index (χ1n) is 10.7. The Morgan fingerprint density at radius 3 is 2.67 bits per heavy atom. The Balaban J connectivity index is 1.50. The molecular formula is C23H30N6O. The molecule has 0 unspecified atom stereocenters. The van der Waals surface area contributed by atoms with Crippen LogP contribution in [-0.4, -0.2) is 63.1 Å². The molecule has 0 spiro atoms. The predicted octanol–water partition coefficient (Wildman–Crippen LogP) is 3.21. The Labute approximate surface area is 177 Å². The summed E-state index contributed by atoms with van der Waals surface area (Å²) in [6, 6.07) is 12.4. The number of fused-ring (bicyclic) bond motifs is 1. The number of hydrogen-bond donors (Lipinski definition) is 1. The van der Waals surface area contributed by atoms with Crippen LogP contribution in [-0.2, 0) is 6.54 Å². The van der Waals surface area contributed by atoms with Gasteiger partial charge in [0, 0.05) is 44.6 Å². The first-order chi connectivity index (χ1) is 14.5. The second-order valence-electron chi connectivity index (χ2n) is 8.39. The van der Waals surface area contributed by atoms with Crippen molar-refractivity contribution in [2.75, 3.05) is 32.7 Å². The van der Waals surface area contributed by atoms with Crippen molar-refractivity contribution in [1.29, 1.82) is 0 Å². The molecule has 1 aliphatic rings. The zero-order chi connectivity index (χ0) is 21.1. The van der Waals surface area contributed by atoms with E-state index < -0.39 is 0 Å². The van der Waals surface area contributed by atoms with E-state index in [1.165, 1.54) is 5.56 Å². The Hall–Kier alpha value is -2.93. The number of aromatic nitrogens is 3. The zero-order valence-corrected chi connectivity index (χ0v) is 18.0. The summed E-state index contributed by atoms with van der Waals surface area (Å²) in [5.41, 5.74) is 4.07. The third kappa shape index (κ3) is 4.46. The number of imidazole rings is 1. The Kier molecular flexibility index (Phi) is 5.99. The minimum atomic E-state index is 0.0412. The number of rotatable bonds is 5. The first kappa shape index (κ1) is 20.3. The highest BCUT2D eigenvalue weighted by Gasteiger charge is 2.23. The standard InChI is InChI=1S/C23H30N6O/c1-17(2)15-25-23(30)28-12-10-27(11-13-28)16-21-26-20-8-5-9-24-22(20)29(21)19-7-4-6-18(3)14-19/h4-9,14,17H,10-13,15-16H2,1-3H3,(H,25,30). The molecule has 7 nitrogen and oxygen atoms in total. The molecule has 158 valence electrons. The molecule has 2 amide bonds. The van der Waals surface area contributed by atoms with Gasteiger partial charge >= 0.3 is 6.03 Å². The number of urea groups is 1. The van der Waals surface area contributed by atoms with E-state index in [1.807, 2.05) is 23.2 Å². The van der Waals surface area contributed by atoms with Gasteiger partial charge in [0.1, 0.15) is 11.3 Å². The fourth-order valence-electron chi connectivity index (χ4n) is 3.82. The van der Waals surface area contributed by atoms with Crippen LogP contribution in [0.3, 0.4) is 0 Å². The van der Waals surface area contributed by atoms with Crippen LogP contribution < -0.4 is 5.32 Å². The number of amides is 2. The van der Waals surface area contributed by atoms with Crippen LogP contribution in [0.25, 0.3) is 16.9 Å². The molecule has 0 radical (unpaired) electrons. The molecule has 3 aromatic rings. The van der Waals surface area contributed by atoms with E-state index in [2.05, 4.69) is 64.8 Å². The quantitative estimate of drug-likeness (QED) is 0.707. The van der Waals surface area contributed by atoms with Crippen molar-refractivity contribution >= 4 is 17.2 Å². The zero-order valence-electron chi connectivity index (χ0n) is 18.0. The predicted molar refractivity (Wildman–Crippen MR) is 119 cm³/mol. The van der Waals surface area contributed by atoms with Gasteiger partial charge in [0.05, 0.1) is 6.54 Å². The molecule has 4 rings (SSSR count). The molecule has 1 N–H and O–H groups in total. The molecule has 1 saturated heterocycles. The Morgan fingerprint density at radius 2 is 1.93 bits per heavy atom. The molecular weight excluding hydrogens is 376 g/mol. The summed E-state index contributed by atoms with van der Waals surface area (Å²) in [6.07, 6.45) is 1.81. The number of benzene rings is 1. The number of carbonyl (C=O) groups excluding carboxylic acids is 1. The average molecular weight is 407 g/mol. The van der Waals surface area contributed by atoms with Gasteiger partial charge in [0.15, 0.2) is 5.65 Å². The molecule has 1 fully saturated rings. The number of piperazine rings is 1. The fourth-order valence-corrected chi connectivity index (χ4v) is 3.82. The maximum Gasteiger partial charge on any atom is 0.317 e. The SMILES string of the molecule is Cc1cccc(-n2c(CN3CCN(C(=O)NCC(C)C)CC3)nc3cccnc32)c1. The maximum absolute atomic E-state index is 12.3. The van der Waals surface area contributed by atoms with Crippen LogP contribution >= 0.6 is 0 Å². The van der Waals surface area contributed by atoms with Crippen LogP contribution in [0.2, 0.25) is 0 Å². The summed E-state index contributed by atoms with van der Waals surface area (Å²) in [5.74, 6) is 1.44. The summed E-state index contributed by atoms with van der Waals surface area (Å²) < 4.78 is 2.16. The summed E-state index contributed by atoms with van der Waals surface area (Å²) in [5, 5.41) is 3.01. The van der Waals surface area contributed by atoms with Crippen LogP contribution in [0.1, 0.15) is 25.2 Å². The second-order valence-corrected chi connectivity index (χ2v) is 8.39. The second kappa shape index (κ2) is 8.83. The number of nitrogens with one attached hydrogen (secondary N) is 1. The van der Waals surface area contributed by atoms with E-state index in [0.29, 0.717) is 12.5 Å². The molecule has 0 atom stereocenters. The average Bonchev–Trinajstić information content (AvgIpc) is 3.10. The van der Waals surface area contributed by atoms with Gasteiger partial charge in [-0.3, -0.25) is 9.47 Å². The minimum Gasteiger partial charge on any atom is -0.338 e. The lowest BCUT2D eigenvalue weighted by Gasteiger charge is -2.34. The van der Waals surface area contributed by atoms with Gasteiger partial charge in [0.2, 0.25) is 0 Å². The van der Waals surface area contributed by atoms with Gasteiger partial charge in [-0.25, -0.2) is 14.8 Å². The number of pyridine rings is 1. The van der Waals surface area contributed by atoms with Crippen molar-refractivity contribution in [3.63, 3.8) is 0 Å². The Bertz CT molecular complexity index is 1020. The smallest absolute Gasteiger partial charge is 0.317 e. The van der Waals surface area contributed by atoms with E-state index in [0.717, 1.165) is 55.4 Å². The number of nitrogens with zero attached hydrogens (tertiary/aromatic N) is 5. The van der Waals surface area contributed by atoms with Crippen molar-refractivity contribution in [3.8, 4) is 5.69 Å². The van der Waals surface area contributed by atoms with Crippen molar-refractivity contribution in [1.82, 2.24) is 29.7 Å².